The zero-order valence-electron chi connectivity index (χ0n) is 14.9. The molecule has 0 spiro atoms. The van der Waals surface area contributed by atoms with Crippen LogP contribution < -0.4 is 15.4 Å². The van der Waals surface area contributed by atoms with Crippen LogP contribution in [-0.2, 0) is 22.6 Å². The lowest BCUT2D eigenvalue weighted by Gasteiger charge is -2.08. The van der Waals surface area contributed by atoms with E-state index in [1.165, 1.54) is 0 Å². The molecule has 1 aromatic carbocycles. The van der Waals surface area contributed by atoms with Gasteiger partial charge in [0.05, 0.1) is 6.20 Å². The quantitative estimate of drug-likeness (QED) is 0.707. The van der Waals surface area contributed by atoms with E-state index in [1.54, 1.807) is 10.9 Å². The van der Waals surface area contributed by atoms with Gasteiger partial charge in [0.15, 0.2) is 6.61 Å². The summed E-state index contributed by atoms with van der Waals surface area (Å²) in [7, 11) is 0. The average molecular weight is 356 g/mol. The van der Waals surface area contributed by atoms with Crippen LogP contribution in [-0.4, -0.2) is 40.8 Å². The van der Waals surface area contributed by atoms with Crippen LogP contribution in [0.15, 0.2) is 36.7 Å². The first-order valence-electron chi connectivity index (χ1n) is 8.85. The topological polar surface area (TPSA) is 85.2 Å². The van der Waals surface area contributed by atoms with Gasteiger partial charge in [-0.25, -0.2) is 0 Å². The molecule has 3 rings (SSSR count). The lowest BCUT2D eigenvalue weighted by atomic mass is 10.1. The predicted molar refractivity (Wildman–Crippen MR) is 96.8 cm³/mol. The van der Waals surface area contributed by atoms with E-state index in [-0.39, 0.29) is 25.0 Å². The van der Waals surface area contributed by atoms with Gasteiger partial charge in [-0.1, -0.05) is 12.1 Å². The van der Waals surface area contributed by atoms with E-state index < -0.39 is 0 Å². The SMILES string of the molecule is Cc1cnn(CC(=O)NCCc2ccc(OCC(=O)NC3CC3)cc2)c1. The van der Waals surface area contributed by atoms with Gasteiger partial charge in [-0.05, 0) is 49.4 Å². The van der Waals surface area contributed by atoms with Crippen molar-refractivity contribution in [1.29, 1.82) is 0 Å². The minimum Gasteiger partial charge on any atom is -0.484 e. The summed E-state index contributed by atoms with van der Waals surface area (Å²) in [5, 5.41) is 9.86. The van der Waals surface area contributed by atoms with Crippen molar-refractivity contribution in [3.05, 3.63) is 47.8 Å². The molecule has 7 heteroatoms. The Morgan fingerprint density at radius 2 is 2.00 bits per heavy atom. The van der Waals surface area contributed by atoms with Crippen LogP contribution >= 0.6 is 0 Å². The predicted octanol–water partition coefficient (Wildman–Crippen LogP) is 1.21. The molecule has 0 radical (unpaired) electrons. The molecule has 0 aliphatic heterocycles. The summed E-state index contributed by atoms with van der Waals surface area (Å²) >= 11 is 0. The molecular formula is C19H24N4O3. The highest BCUT2D eigenvalue weighted by molar-refractivity contribution is 5.78. The van der Waals surface area contributed by atoms with Crippen molar-refractivity contribution in [3.63, 3.8) is 0 Å². The summed E-state index contributed by atoms with van der Waals surface area (Å²) in [5.74, 6) is 0.527. The highest BCUT2D eigenvalue weighted by Crippen LogP contribution is 2.18. The van der Waals surface area contributed by atoms with Crippen LogP contribution in [0, 0.1) is 6.92 Å². The summed E-state index contributed by atoms with van der Waals surface area (Å²) in [6.45, 7) is 2.76. The second-order valence-corrected chi connectivity index (χ2v) is 6.59. The van der Waals surface area contributed by atoms with Gasteiger partial charge in [0.1, 0.15) is 12.3 Å². The summed E-state index contributed by atoms with van der Waals surface area (Å²) < 4.78 is 7.09. The third-order valence-corrected chi connectivity index (χ3v) is 4.04. The number of nitrogens with one attached hydrogen (secondary N) is 2. The van der Waals surface area contributed by atoms with Crippen LogP contribution in [0.5, 0.6) is 5.75 Å². The van der Waals surface area contributed by atoms with E-state index in [9.17, 15) is 9.59 Å². The largest absolute Gasteiger partial charge is 0.484 e. The first-order chi connectivity index (χ1) is 12.6. The second kappa shape index (κ2) is 8.51. The molecule has 1 aliphatic rings. The summed E-state index contributed by atoms with van der Waals surface area (Å²) in [5.41, 5.74) is 2.13. The van der Waals surface area contributed by atoms with Crippen LogP contribution in [0.3, 0.4) is 0 Å². The van der Waals surface area contributed by atoms with Gasteiger partial charge in [-0.3, -0.25) is 14.3 Å². The lowest BCUT2D eigenvalue weighted by molar-refractivity contribution is -0.123. The third-order valence-electron chi connectivity index (χ3n) is 4.04. The standard InChI is InChI=1S/C19H24N4O3/c1-14-10-21-23(11-14)12-18(24)20-9-8-15-2-6-17(7-3-15)26-13-19(25)22-16-4-5-16/h2-3,6-7,10-11,16H,4-5,8-9,12-13H2,1H3,(H,20,24)(H,22,25). The fourth-order valence-corrected chi connectivity index (χ4v) is 2.50. The van der Waals surface area contributed by atoms with Crippen molar-refractivity contribution in [2.75, 3.05) is 13.2 Å². The molecule has 1 fully saturated rings. The van der Waals surface area contributed by atoms with Crippen LogP contribution in [0.2, 0.25) is 0 Å². The zero-order chi connectivity index (χ0) is 18.4. The van der Waals surface area contributed by atoms with Crippen molar-refractivity contribution in [3.8, 4) is 5.75 Å². The number of carbonyl (C=O) groups excluding carboxylic acids is 2. The Balaban J connectivity index is 1.34. The number of benzene rings is 1. The Hall–Kier alpha value is -2.83. The highest BCUT2D eigenvalue weighted by atomic mass is 16.5. The van der Waals surface area contributed by atoms with E-state index in [4.69, 9.17) is 4.74 Å². The molecular weight excluding hydrogens is 332 g/mol. The maximum absolute atomic E-state index is 11.9. The number of hydrogen-bond donors (Lipinski definition) is 2. The first-order valence-corrected chi connectivity index (χ1v) is 8.85. The number of carbonyl (C=O) groups is 2. The summed E-state index contributed by atoms with van der Waals surface area (Å²) in [4.78, 5) is 23.5. The minimum atomic E-state index is -0.0772. The Kier molecular flexibility index (Phi) is 5.88. The molecule has 1 aliphatic carbocycles. The van der Waals surface area contributed by atoms with Gasteiger partial charge in [0.25, 0.3) is 5.91 Å². The molecule has 7 nitrogen and oxygen atoms in total. The van der Waals surface area contributed by atoms with Gasteiger partial charge in [-0.15, -0.1) is 0 Å². The van der Waals surface area contributed by atoms with Crippen LogP contribution in [0.1, 0.15) is 24.0 Å². The van der Waals surface area contributed by atoms with E-state index >= 15 is 0 Å². The van der Waals surface area contributed by atoms with Crippen LogP contribution in [0.25, 0.3) is 0 Å². The molecule has 0 atom stereocenters. The van der Waals surface area contributed by atoms with Crippen molar-refractivity contribution in [2.24, 2.45) is 0 Å². The van der Waals surface area contributed by atoms with Gasteiger partial charge < -0.3 is 15.4 Å². The maximum Gasteiger partial charge on any atom is 0.258 e. The zero-order valence-corrected chi connectivity index (χ0v) is 14.9. The smallest absolute Gasteiger partial charge is 0.258 e. The van der Waals surface area contributed by atoms with E-state index in [2.05, 4.69) is 15.7 Å². The Morgan fingerprint density at radius 3 is 2.65 bits per heavy atom. The van der Waals surface area contributed by atoms with Crippen molar-refractivity contribution < 1.29 is 14.3 Å². The summed E-state index contributed by atoms with van der Waals surface area (Å²) in [6, 6.07) is 7.91. The second-order valence-electron chi connectivity index (χ2n) is 6.59. The molecule has 1 heterocycles. The van der Waals surface area contributed by atoms with E-state index in [1.807, 2.05) is 37.4 Å². The Morgan fingerprint density at radius 1 is 1.23 bits per heavy atom. The van der Waals surface area contributed by atoms with Crippen molar-refractivity contribution in [2.45, 2.75) is 38.8 Å². The number of ether oxygens (including phenoxy) is 1. The fourth-order valence-electron chi connectivity index (χ4n) is 2.50. The molecule has 2 aromatic rings. The molecule has 1 aromatic heterocycles. The number of rotatable bonds is 9. The van der Waals surface area contributed by atoms with E-state index in [0.717, 1.165) is 30.4 Å². The molecule has 0 saturated heterocycles. The third kappa shape index (κ3) is 5.91. The molecule has 0 unspecified atom stereocenters. The number of aryl methyl sites for hydroxylation is 1. The minimum absolute atomic E-state index is 0.0405. The number of hydrogen-bond acceptors (Lipinski definition) is 4. The molecule has 0 bridgehead atoms. The highest BCUT2D eigenvalue weighted by Gasteiger charge is 2.23. The normalized spacial score (nSPS) is 13.3. The van der Waals surface area contributed by atoms with Crippen molar-refractivity contribution >= 4 is 11.8 Å². The molecule has 2 N–H and O–H groups in total. The lowest BCUT2D eigenvalue weighted by Crippen LogP contribution is -2.30. The molecule has 26 heavy (non-hydrogen) atoms. The average Bonchev–Trinajstić information content (AvgIpc) is 3.34. The molecule has 138 valence electrons. The summed E-state index contributed by atoms with van der Waals surface area (Å²) in [6.07, 6.45) is 6.43. The van der Waals surface area contributed by atoms with Crippen molar-refractivity contribution in [1.82, 2.24) is 20.4 Å². The molecule has 1 saturated carbocycles. The van der Waals surface area contributed by atoms with Gasteiger partial charge >= 0.3 is 0 Å². The van der Waals surface area contributed by atoms with Gasteiger partial charge in [0.2, 0.25) is 5.91 Å². The van der Waals surface area contributed by atoms with E-state index in [0.29, 0.717) is 18.3 Å². The first kappa shape index (κ1) is 18.0. The van der Waals surface area contributed by atoms with Gasteiger partial charge in [-0.2, -0.15) is 5.10 Å². The number of amides is 2. The monoisotopic (exact) mass is 356 g/mol. The number of nitrogens with zero attached hydrogens (tertiary/aromatic N) is 2. The van der Waals surface area contributed by atoms with Gasteiger partial charge in [0, 0.05) is 18.8 Å². The fraction of sp³-hybridized carbons (Fsp3) is 0.421. The maximum atomic E-state index is 11.9. The Labute approximate surface area is 152 Å². The Bertz CT molecular complexity index is 750. The number of aromatic nitrogens is 2. The molecule has 2 amide bonds. The van der Waals surface area contributed by atoms with Crippen LogP contribution in [0.4, 0.5) is 0 Å².